The number of methoxy groups -OCH3 is 1. The van der Waals surface area contributed by atoms with E-state index >= 15 is 0 Å². The molecule has 0 spiro atoms. The van der Waals surface area contributed by atoms with Gasteiger partial charge in [0.2, 0.25) is 5.88 Å². The topological polar surface area (TPSA) is 106 Å². The number of fused-ring (bicyclic) bond motifs is 1. The third-order valence-corrected chi connectivity index (χ3v) is 3.08. The number of rotatable bonds is 4. The van der Waals surface area contributed by atoms with E-state index in [9.17, 15) is 4.79 Å². The van der Waals surface area contributed by atoms with Gasteiger partial charge in [-0.25, -0.2) is 9.78 Å². The SMILES string of the molecule is COc1cc(CNc2cc3[nH]c(=O)oc3cc2N)ccn1. The standard InChI is InChI=1S/C14H14N4O3/c1-20-13-4-8(2-3-16-13)7-17-10-6-11-12(5-9(10)15)21-14(19)18-11/h2-6,17H,7,15H2,1H3,(H,18,19). The zero-order valence-electron chi connectivity index (χ0n) is 11.3. The first kappa shape index (κ1) is 13.0. The van der Waals surface area contributed by atoms with Gasteiger partial charge >= 0.3 is 5.76 Å². The van der Waals surface area contributed by atoms with Crippen molar-refractivity contribution in [1.82, 2.24) is 9.97 Å². The van der Waals surface area contributed by atoms with E-state index in [1.165, 1.54) is 0 Å². The number of aromatic nitrogens is 2. The fourth-order valence-electron chi connectivity index (χ4n) is 2.04. The number of nitrogens with zero attached hydrogens (tertiary/aromatic N) is 1. The van der Waals surface area contributed by atoms with Gasteiger partial charge in [-0.3, -0.25) is 4.98 Å². The summed E-state index contributed by atoms with van der Waals surface area (Å²) in [6.45, 7) is 0.552. The van der Waals surface area contributed by atoms with Crippen LogP contribution in [0.15, 0.2) is 39.7 Å². The van der Waals surface area contributed by atoms with Gasteiger partial charge in [0, 0.05) is 24.9 Å². The van der Waals surface area contributed by atoms with Crippen LogP contribution >= 0.6 is 0 Å². The summed E-state index contributed by atoms with van der Waals surface area (Å²) in [5, 5.41) is 3.21. The fraction of sp³-hybridized carbons (Fsp3) is 0.143. The number of pyridine rings is 1. The average molecular weight is 286 g/mol. The van der Waals surface area contributed by atoms with E-state index in [1.54, 1.807) is 25.4 Å². The lowest BCUT2D eigenvalue weighted by Gasteiger charge is -2.09. The van der Waals surface area contributed by atoms with Gasteiger partial charge in [0.1, 0.15) is 0 Å². The van der Waals surface area contributed by atoms with Crippen molar-refractivity contribution < 1.29 is 9.15 Å². The third kappa shape index (κ3) is 2.66. The minimum absolute atomic E-state index is 0.439. The average Bonchev–Trinajstić information content (AvgIpc) is 2.84. The molecule has 0 saturated heterocycles. The van der Waals surface area contributed by atoms with Crippen molar-refractivity contribution in [2.75, 3.05) is 18.2 Å². The summed E-state index contributed by atoms with van der Waals surface area (Å²) in [6, 6.07) is 7.07. The smallest absolute Gasteiger partial charge is 0.417 e. The van der Waals surface area contributed by atoms with Crippen molar-refractivity contribution in [3.63, 3.8) is 0 Å². The summed E-state index contributed by atoms with van der Waals surface area (Å²) in [5.41, 5.74) is 9.21. The van der Waals surface area contributed by atoms with Gasteiger partial charge in [-0.15, -0.1) is 0 Å². The molecule has 0 fully saturated rings. The van der Waals surface area contributed by atoms with E-state index in [1.807, 2.05) is 12.1 Å². The van der Waals surface area contributed by atoms with Gasteiger partial charge in [-0.2, -0.15) is 0 Å². The van der Waals surface area contributed by atoms with Crippen LogP contribution in [-0.2, 0) is 6.54 Å². The third-order valence-electron chi connectivity index (χ3n) is 3.08. The van der Waals surface area contributed by atoms with Crippen LogP contribution < -0.4 is 21.5 Å². The van der Waals surface area contributed by atoms with Crippen molar-refractivity contribution >= 4 is 22.5 Å². The zero-order valence-corrected chi connectivity index (χ0v) is 11.3. The number of H-pyrrole nitrogens is 1. The Morgan fingerprint density at radius 1 is 1.43 bits per heavy atom. The lowest BCUT2D eigenvalue weighted by Crippen LogP contribution is -2.03. The van der Waals surface area contributed by atoms with Crippen LogP contribution in [0, 0.1) is 0 Å². The Labute approximate surface area is 119 Å². The number of benzene rings is 1. The Balaban J connectivity index is 1.83. The number of ether oxygens (including phenoxy) is 1. The molecule has 21 heavy (non-hydrogen) atoms. The second-order valence-electron chi connectivity index (χ2n) is 4.51. The molecule has 0 atom stereocenters. The van der Waals surface area contributed by atoms with Crippen molar-refractivity contribution in [3.05, 3.63) is 46.6 Å². The zero-order chi connectivity index (χ0) is 14.8. The molecule has 7 nitrogen and oxygen atoms in total. The molecule has 0 saturated carbocycles. The van der Waals surface area contributed by atoms with E-state index in [0.717, 1.165) is 11.3 Å². The van der Waals surface area contributed by atoms with Gasteiger partial charge in [0.05, 0.1) is 24.0 Å². The number of nitrogen functional groups attached to an aromatic ring is 1. The number of hydrogen-bond donors (Lipinski definition) is 3. The number of hydrogen-bond acceptors (Lipinski definition) is 6. The molecule has 7 heteroatoms. The highest BCUT2D eigenvalue weighted by atomic mass is 16.5. The van der Waals surface area contributed by atoms with E-state index in [2.05, 4.69) is 15.3 Å². The van der Waals surface area contributed by atoms with Crippen molar-refractivity contribution in [3.8, 4) is 5.88 Å². The molecule has 0 bridgehead atoms. The molecule has 4 N–H and O–H groups in total. The summed E-state index contributed by atoms with van der Waals surface area (Å²) < 4.78 is 10.0. The summed E-state index contributed by atoms with van der Waals surface area (Å²) in [7, 11) is 1.57. The molecule has 0 unspecified atom stereocenters. The van der Waals surface area contributed by atoms with Gasteiger partial charge in [-0.1, -0.05) is 0 Å². The van der Waals surface area contributed by atoms with Crippen molar-refractivity contribution in [1.29, 1.82) is 0 Å². The maximum absolute atomic E-state index is 11.2. The Morgan fingerprint density at radius 2 is 2.29 bits per heavy atom. The quantitative estimate of drug-likeness (QED) is 0.630. The predicted octanol–water partition coefficient (Wildman–Crippen LogP) is 1.72. The number of aromatic amines is 1. The predicted molar refractivity (Wildman–Crippen MR) is 79.4 cm³/mol. The summed E-state index contributed by atoms with van der Waals surface area (Å²) in [6.07, 6.45) is 1.68. The first-order valence-corrected chi connectivity index (χ1v) is 6.31. The van der Waals surface area contributed by atoms with Crippen LogP contribution in [0.2, 0.25) is 0 Å². The van der Waals surface area contributed by atoms with Crippen LogP contribution in [0.4, 0.5) is 11.4 Å². The van der Waals surface area contributed by atoms with E-state index in [0.29, 0.717) is 29.2 Å². The minimum Gasteiger partial charge on any atom is -0.481 e. The molecule has 0 aliphatic heterocycles. The maximum Gasteiger partial charge on any atom is 0.417 e. The summed E-state index contributed by atoms with van der Waals surface area (Å²) in [4.78, 5) is 17.8. The van der Waals surface area contributed by atoms with E-state index in [4.69, 9.17) is 14.9 Å². The molecular weight excluding hydrogens is 272 g/mol. The van der Waals surface area contributed by atoms with Crippen molar-refractivity contribution in [2.45, 2.75) is 6.54 Å². The van der Waals surface area contributed by atoms with Crippen LogP contribution in [0.25, 0.3) is 11.1 Å². The lowest BCUT2D eigenvalue weighted by molar-refractivity contribution is 0.397. The van der Waals surface area contributed by atoms with E-state index < -0.39 is 5.76 Å². The molecule has 0 radical (unpaired) electrons. The van der Waals surface area contributed by atoms with Gasteiger partial charge in [0.25, 0.3) is 0 Å². The maximum atomic E-state index is 11.2. The number of anilines is 2. The Bertz CT molecular complexity index is 838. The van der Waals surface area contributed by atoms with E-state index in [-0.39, 0.29) is 0 Å². The van der Waals surface area contributed by atoms with Crippen molar-refractivity contribution in [2.24, 2.45) is 0 Å². The molecular formula is C14H14N4O3. The second kappa shape index (κ2) is 5.20. The van der Waals surface area contributed by atoms with Gasteiger partial charge in [0.15, 0.2) is 5.58 Å². The monoisotopic (exact) mass is 286 g/mol. The Kier molecular flexibility index (Phi) is 3.23. The molecule has 0 aliphatic carbocycles. The minimum atomic E-state index is -0.500. The van der Waals surface area contributed by atoms with Crippen LogP contribution in [0.1, 0.15) is 5.56 Å². The highest BCUT2D eigenvalue weighted by molar-refractivity contribution is 5.85. The van der Waals surface area contributed by atoms with Gasteiger partial charge in [-0.05, 0) is 17.7 Å². The highest BCUT2D eigenvalue weighted by Gasteiger charge is 2.07. The highest BCUT2D eigenvalue weighted by Crippen LogP contribution is 2.25. The molecule has 108 valence electrons. The largest absolute Gasteiger partial charge is 0.481 e. The molecule has 2 aromatic heterocycles. The summed E-state index contributed by atoms with van der Waals surface area (Å²) >= 11 is 0. The van der Waals surface area contributed by atoms with Crippen LogP contribution in [0.5, 0.6) is 5.88 Å². The molecule has 2 heterocycles. The first-order valence-electron chi connectivity index (χ1n) is 6.31. The van der Waals surface area contributed by atoms with Gasteiger partial charge < -0.3 is 20.2 Å². The molecule has 1 aromatic carbocycles. The Morgan fingerprint density at radius 3 is 3.10 bits per heavy atom. The Hall–Kier alpha value is -2.96. The number of nitrogens with two attached hydrogens (primary N) is 1. The van der Waals surface area contributed by atoms with Crippen LogP contribution in [-0.4, -0.2) is 17.1 Å². The molecule has 0 amide bonds. The van der Waals surface area contributed by atoms with Crippen LogP contribution in [0.3, 0.4) is 0 Å². The first-order chi connectivity index (χ1) is 10.2. The molecule has 3 rings (SSSR count). The summed E-state index contributed by atoms with van der Waals surface area (Å²) in [5.74, 6) is 0.0531. The molecule has 3 aromatic rings. The normalized spacial score (nSPS) is 10.7. The number of oxazole rings is 1. The number of nitrogens with one attached hydrogen (secondary N) is 2. The lowest BCUT2D eigenvalue weighted by atomic mass is 10.2. The molecule has 0 aliphatic rings. The second-order valence-corrected chi connectivity index (χ2v) is 4.51. The fourth-order valence-corrected chi connectivity index (χ4v) is 2.04.